The van der Waals surface area contributed by atoms with Gasteiger partial charge in [-0.2, -0.15) is 0 Å². The second kappa shape index (κ2) is 10.4. The lowest BCUT2D eigenvalue weighted by molar-refractivity contribution is -0.137. The molecule has 1 saturated heterocycles. The molecule has 0 spiro atoms. The van der Waals surface area contributed by atoms with E-state index in [4.69, 9.17) is 4.74 Å². The molecule has 2 amide bonds. The molecule has 0 aromatic heterocycles. The average Bonchev–Trinajstić information content (AvgIpc) is 2.73. The van der Waals surface area contributed by atoms with E-state index < -0.39 is 41.0 Å². The van der Waals surface area contributed by atoms with Crippen LogP contribution in [0, 0.1) is 17.5 Å². The largest absolute Gasteiger partial charge is 0.465 e. The van der Waals surface area contributed by atoms with Crippen LogP contribution in [0.3, 0.4) is 0 Å². The van der Waals surface area contributed by atoms with Crippen molar-refractivity contribution < 1.29 is 37.0 Å². The first kappa shape index (κ1) is 26.1. The van der Waals surface area contributed by atoms with Gasteiger partial charge in [-0.05, 0) is 44.5 Å². The molecule has 2 aromatic rings. The van der Waals surface area contributed by atoms with Crippen molar-refractivity contribution in [1.82, 2.24) is 9.80 Å². The molecule has 0 saturated carbocycles. The zero-order chi connectivity index (χ0) is 25.9. The molecule has 1 heterocycles. The van der Waals surface area contributed by atoms with Crippen molar-refractivity contribution in [2.75, 3.05) is 26.7 Å². The molecule has 0 unspecified atom stereocenters. The van der Waals surface area contributed by atoms with Crippen molar-refractivity contribution in [3.63, 3.8) is 0 Å². The van der Waals surface area contributed by atoms with Crippen molar-refractivity contribution in [1.29, 1.82) is 0 Å². The van der Waals surface area contributed by atoms with Gasteiger partial charge >= 0.3 is 12.1 Å². The van der Waals surface area contributed by atoms with Crippen LogP contribution in [0.2, 0.25) is 0 Å². The minimum Gasteiger partial charge on any atom is -0.465 e. The highest BCUT2D eigenvalue weighted by Gasteiger charge is 2.34. The van der Waals surface area contributed by atoms with E-state index in [1.54, 1.807) is 26.8 Å². The maximum atomic E-state index is 14.2. The molecule has 0 bridgehead atoms. The number of hydrogen-bond acceptors (Lipinski definition) is 5. The number of esters is 1. The number of carbonyl (C=O) groups excluding carboxylic acids is 3. The summed E-state index contributed by atoms with van der Waals surface area (Å²) in [6, 6.07) is 7.10. The normalized spacial score (nSPS) is 13.7. The van der Waals surface area contributed by atoms with Crippen molar-refractivity contribution in [2.45, 2.75) is 38.8 Å². The molecule has 0 N–H and O–H groups in total. The fourth-order valence-electron chi connectivity index (χ4n) is 3.59. The van der Waals surface area contributed by atoms with Crippen LogP contribution in [0.1, 0.15) is 48.2 Å². The Balaban J connectivity index is 1.69. The summed E-state index contributed by atoms with van der Waals surface area (Å²) < 4.78 is 51.3. The number of benzene rings is 2. The predicted octanol–water partition coefficient (Wildman–Crippen LogP) is 4.25. The van der Waals surface area contributed by atoms with Crippen LogP contribution in [0.5, 0.6) is 0 Å². The number of carbonyl (C=O) groups is 3. The molecule has 0 radical (unpaired) electrons. The second-order valence-electron chi connectivity index (χ2n) is 9.30. The second-order valence-corrected chi connectivity index (χ2v) is 9.30. The van der Waals surface area contributed by atoms with Crippen LogP contribution >= 0.6 is 0 Å². The number of ether oxygens (including phenoxy) is 2. The summed E-state index contributed by atoms with van der Waals surface area (Å²) in [4.78, 5) is 39.9. The Labute approximate surface area is 201 Å². The topological polar surface area (TPSA) is 76.2 Å². The van der Waals surface area contributed by atoms with Gasteiger partial charge in [-0.3, -0.25) is 9.69 Å². The van der Waals surface area contributed by atoms with Crippen LogP contribution in [0.15, 0.2) is 36.4 Å². The molecule has 1 aliphatic rings. The fourth-order valence-corrected chi connectivity index (χ4v) is 3.59. The molecule has 2 aromatic carbocycles. The highest BCUT2D eigenvalue weighted by atomic mass is 19.1. The molecular formula is C25H27F3N2O5. The van der Waals surface area contributed by atoms with Gasteiger partial charge in [0.05, 0.1) is 19.2 Å². The Morgan fingerprint density at radius 2 is 1.71 bits per heavy atom. The molecule has 35 heavy (non-hydrogen) atoms. The molecule has 1 fully saturated rings. The maximum absolute atomic E-state index is 14.2. The Morgan fingerprint density at radius 1 is 1.03 bits per heavy atom. The first-order valence-electron chi connectivity index (χ1n) is 11.0. The summed E-state index contributed by atoms with van der Waals surface area (Å²) in [5.41, 5.74) is -0.324. The van der Waals surface area contributed by atoms with Crippen LogP contribution in [-0.4, -0.2) is 60.1 Å². The Hall–Kier alpha value is -3.56. The van der Waals surface area contributed by atoms with Crippen molar-refractivity contribution >= 4 is 18.0 Å². The molecule has 188 valence electrons. The Morgan fingerprint density at radius 3 is 2.31 bits per heavy atom. The van der Waals surface area contributed by atoms with E-state index >= 15 is 0 Å². The van der Waals surface area contributed by atoms with Crippen molar-refractivity contribution in [2.24, 2.45) is 0 Å². The maximum Gasteiger partial charge on any atom is 0.411 e. The van der Waals surface area contributed by atoms with Crippen LogP contribution in [0.25, 0.3) is 0 Å². The van der Waals surface area contributed by atoms with E-state index in [1.165, 1.54) is 23.1 Å². The average molecular weight is 492 g/mol. The minimum absolute atomic E-state index is 0.0354. The van der Waals surface area contributed by atoms with Gasteiger partial charge in [-0.1, -0.05) is 12.1 Å². The Kier molecular flexibility index (Phi) is 7.72. The number of halogens is 3. The monoisotopic (exact) mass is 492 g/mol. The summed E-state index contributed by atoms with van der Waals surface area (Å²) in [5, 5.41) is 0. The zero-order valence-corrected chi connectivity index (χ0v) is 19.9. The van der Waals surface area contributed by atoms with E-state index in [9.17, 15) is 27.6 Å². The van der Waals surface area contributed by atoms with Gasteiger partial charge < -0.3 is 14.4 Å². The van der Waals surface area contributed by atoms with Gasteiger partial charge in [0.25, 0.3) is 0 Å². The molecule has 0 aliphatic carbocycles. The van der Waals surface area contributed by atoms with Crippen LogP contribution in [0.4, 0.5) is 18.0 Å². The Bertz CT molecular complexity index is 1130. The third kappa shape index (κ3) is 6.52. The van der Waals surface area contributed by atoms with E-state index in [0.29, 0.717) is 11.6 Å². The lowest BCUT2D eigenvalue weighted by Gasteiger charge is -2.40. The van der Waals surface area contributed by atoms with Gasteiger partial charge in [0.15, 0.2) is 0 Å². The first-order valence-corrected chi connectivity index (χ1v) is 11.0. The summed E-state index contributed by atoms with van der Waals surface area (Å²) in [7, 11) is 1.16. The number of likely N-dealkylation sites (tertiary alicyclic amines) is 1. The van der Waals surface area contributed by atoms with Crippen LogP contribution < -0.4 is 0 Å². The van der Waals surface area contributed by atoms with Gasteiger partial charge in [-0.15, -0.1) is 0 Å². The predicted molar refractivity (Wildman–Crippen MR) is 120 cm³/mol. The van der Waals surface area contributed by atoms with E-state index in [2.05, 4.69) is 4.74 Å². The first-order chi connectivity index (χ1) is 16.4. The lowest BCUT2D eigenvalue weighted by Crippen LogP contribution is -2.52. The minimum atomic E-state index is -0.846. The summed E-state index contributed by atoms with van der Waals surface area (Å²) in [5.74, 6) is -3.62. The number of methoxy groups -OCH3 is 1. The smallest absolute Gasteiger partial charge is 0.411 e. The van der Waals surface area contributed by atoms with Gasteiger partial charge in [0.2, 0.25) is 5.91 Å². The van der Waals surface area contributed by atoms with E-state index in [1.807, 2.05) is 0 Å². The van der Waals surface area contributed by atoms with E-state index in [0.717, 1.165) is 18.1 Å². The summed E-state index contributed by atoms with van der Waals surface area (Å²) in [6.45, 7) is 4.90. The van der Waals surface area contributed by atoms with Gasteiger partial charge in [-0.25, -0.2) is 22.8 Å². The van der Waals surface area contributed by atoms with Gasteiger partial charge in [0.1, 0.15) is 29.6 Å². The SMILES string of the molecule is COC(=O)c1cc(C2CN(C(=O)CN(Cc3ccc(F)cc3F)C(=O)OC(C)(C)C)C2)ccc1F. The molecule has 1 aliphatic heterocycles. The molecule has 3 rings (SSSR count). The van der Waals surface area contributed by atoms with Crippen molar-refractivity contribution in [3.8, 4) is 0 Å². The number of nitrogens with zero attached hydrogens (tertiary/aromatic N) is 2. The number of amides is 2. The summed E-state index contributed by atoms with van der Waals surface area (Å²) in [6.07, 6.45) is -0.812. The van der Waals surface area contributed by atoms with E-state index in [-0.39, 0.29) is 43.2 Å². The van der Waals surface area contributed by atoms with Gasteiger partial charge in [0, 0.05) is 30.6 Å². The molecule has 0 atom stereocenters. The van der Waals surface area contributed by atoms with Crippen molar-refractivity contribution in [3.05, 3.63) is 70.5 Å². The highest BCUT2D eigenvalue weighted by molar-refractivity contribution is 5.90. The molecule has 7 nitrogen and oxygen atoms in total. The standard InChI is InChI=1S/C25H27F3N2O5/c1-25(2,3)35-24(33)30(11-16-5-7-18(26)10-21(16)28)14-22(31)29-12-17(13-29)15-6-8-20(27)19(9-15)23(32)34-4/h5-10,17H,11-14H2,1-4H3. The number of hydrogen-bond donors (Lipinski definition) is 0. The molecular weight excluding hydrogens is 465 g/mol. The lowest BCUT2D eigenvalue weighted by atomic mass is 9.90. The third-order valence-electron chi connectivity index (χ3n) is 5.46. The highest BCUT2D eigenvalue weighted by Crippen LogP contribution is 2.29. The quantitative estimate of drug-likeness (QED) is 0.564. The number of rotatable bonds is 6. The van der Waals surface area contributed by atoms with Crippen LogP contribution in [-0.2, 0) is 20.8 Å². The third-order valence-corrected chi connectivity index (χ3v) is 5.46. The summed E-state index contributed by atoms with van der Waals surface area (Å²) >= 11 is 0. The zero-order valence-electron chi connectivity index (χ0n) is 19.9. The fraction of sp³-hybridized carbons (Fsp3) is 0.400. The molecule has 10 heteroatoms.